The van der Waals surface area contributed by atoms with Gasteiger partial charge in [0.2, 0.25) is 0 Å². The fourth-order valence-corrected chi connectivity index (χ4v) is 5.00. The second-order valence-corrected chi connectivity index (χ2v) is 9.96. The number of unbranched alkanes of at least 4 members (excludes halogenated alkanes) is 1. The van der Waals surface area contributed by atoms with E-state index in [0.29, 0.717) is 26.1 Å². The molecule has 1 aliphatic rings. The number of anilines is 1. The molecular weight excluding hydrogens is 496 g/mol. The van der Waals surface area contributed by atoms with Crippen LogP contribution in [0.2, 0.25) is 0 Å². The van der Waals surface area contributed by atoms with E-state index in [-0.39, 0.29) is 6.03 Å². The zero-order valence-electron chi connectivity index (χ0n) is 23.0. The molecule has 0 radical (unpaired) electrons. The maximum atomic E-state index is 14.0. The van der Waals surface area contributed by atoms with Crippen molar-refractivity contribution in [3.8, 4) is 16.9 Å². The summed E-state index contributed by atoms with van der Waals surface area (Å²) < 4.78 is 5.31. The van der Waals surface area contributed by atoms with Crippen LogP contribution in [-0.4, -0.2) is 37.0 Å². The Kier molecular flexibility index (Phi) is 8.89. The number of carbonyl (C=O) groups is 1. The molecule has 4 aromatic carbocycles. The first-order chi connectivity index (χ1) is 19.7. The van der Waals surface area contributed by atoms with E-state index in [1.54, 1.807) is 12.1 Å². The van der Waals surface area contributed by atoms with Crippen LogP contribution in [-0.2, 0) is 13.0 Å². The molecule has 0 saturated heterocycles. The number of nitrogens with two attached hydrogens (primary N) is 1. The number of hydrogen-bond acceptors (Lipinski definition) is 4. The van der Waals surface area contributed by atoms with Crippen LogP contribution in [0, 0.1) is 0 Å². The molecule has 0 bridgehead atoms. The third-order valence-electron chi connectivity index (χ3n) is 7.23. The molecule has 1 heterocycles. The van der Waals surface area contributed by atoms with E-state index in [9.17, 15) is 4.79 Å². The number of amides is 2. The van der Waals surface area contributed by atoms with Crippen molar-refractivity contribution in [3.63, 3.8) is 0 Å². The Labute approximate surface area is 236 Å². The number of benzene rings is 4. The number of carbonyl (C=O) groups excluding carboxylic acids is 1. The summed E-state index contributed by atoms with van der Waals surface area (Å²) in [6.07, 6.45) is 3.16. The van der Waals surface area contributed by atoms with Crippen LogP contribution in [0.5, 0.6) is 5.75 Å². The van der Waals surface area contributed by atoms with Gasteiger partial charge in [-0.2, -0.15) is 5.10 Å². The molecule has 2 N–H and O–H groups in total. The van der Waals surface area contributed by atoms with Crippen molar-refractivity contribution in [1.82, 2.24) is 5.01 Å². The summed E-state index contributed by atoms with van der Waals surface area (Å²) in [7, 11) is 1.67. The lowest BCUT2D eigenvalue weighted by Crippen LogP contribution is -2.40. The van der Waals surface area contributed by atoms with Crippen molar-refractivity contribution in [3.05, 3.63) is 120 Å². The lowest BCUT2D eigenvalue weighted by atomic mass is 9.99. The summed E-state index contributed by atoms with van der Waals surface area (Å²) in [4.78, 5) is 15.8. The Bertz CT molecular complexity index is 1430. The minimum Gasteiger partial charge on any atom is -0.497 e. The molecule has 0 unspecified atom stereocenters. The molecule has 0 fully saturated rings. The van der Waals surface area contributed by atoms with Crippen molar-refractivity contribution in [2.24, 2.45) is 10.8 Å². The van der Waals surface area contributed by atoms with E-state index < -0.39 is 0 Å². The normalized spacial score (nSPS) is 13.1. The van der Waals surface area contributed by atoms with Crippen LogP contribution in [0.1, 0.15) is 36.0 Å². The monoisotopic (exact) mass is 532 g/mol. The lowest BCUT2D eigenvalue weighted by molar-refractivity contribution is 0.206. The van der Waals surface area contributed by atoms with Crippen LogP contribution in [0.4, 0.5) is 10.5 Å². The lowest BCUT2D eigenvalue weighted by Gasteiger charge is -2.27. The number of methoxy groups -OCH3 is 1. The third-order valence-corrected chi connectivity index (χ3v) is 7.23. The van der Waals surface area contributed by atoms with Crippen molar-refractivity contribution in [2.45, 2.75) is 32.2 Å². The second-order valence-electron chi connectivity index (χ2n) is 9.96. The number of urea groups is 1. The summed E-state index contributed by atoms with van der Waals surface area (Å²) in [5, 5.41) is 6.59. The minimum absolute atomic E-state index is 0.115. The van der Waals surface area contributed by atoms with Gasteiger partial charge < -0.3 is 10.5 Å². The van der Waals surface area contributed by atoms with Crippen LogP contribution in [0.15, 0.2) is 108 Å². The molecular formula is C34H36N4O2. The van der Waals surface area contributed by atoms with Gasteiger partial charge in [0.1, 0.15) is 5.75 Å². The Balaban J connectivity index is 1.43. The number of rotatable bonds is 11. The van der Waals surface area contributed by atoms with E-state index in [0.717, 1.165) is 53.1 Å². The Morgan fingerprint density at radius 2 is 1.43 bits per heavy atom. The molecule has 0 atom stereocenters. The van der Waals surface area contributed by atoms with E-state index in [2.05, 4.69) is 54.6 Å². The topological polar surface area (TPSA) is 71.2 Å². The van der Waals surface area contributed by atoms with Gasteiger partial charge in [-0.1, -0.05) is 84.9 Å². The number of para-hydroxylation sites is 1. The maximum absolute atomic E-state index is 14.0. The quantitative estimate of drug-likeness (QED) is 0.214. The third kappa shape index (κ3) is 6.41. The molecule has 0 aliphatic carbocycles. The number of fused-ring (bicyclic) bond motifs is 1. The molecule has 5 rings (SSSR count). The highest BCUT2D eigenvalue weighted by atomic mass is 16.5. The zero-order chi connectivity index (χ0) is 27.7. The predicted molar refractivity (Wildman–Crippen MR) is 163 cm³/mol. The molecule has 40 heavy (non-hydrogen) atoms. The van der Waals surface area contributed by atoms with Gasteiger partial charge in [-0.3, -0.25) is 4.90 Å². The van der Waals surface area contributed by atoms with Crippen LogP contribution < -0.4 is 15.4 Å². The Morgan fingerprint density at radius 3 is 2.15 bits per heavy atom. The molecule has 204 valence electrons. The molecule has 0 saturated carbocycles. The first-order valence-electron chi connectivity index (χ1n) is 13.9. The van der Waals surface area contributed by atoms with Crippen molar-refractivity contribution in [2.75, 3.05) is 25.1 Å². The first kappa shape index (κ1) is 27.2. The molecule has 6 heteroatoms. The molecule has 0 spiro atoms. The number of hydrazone groups is 1. The summed E-state index contributed by atoms with van der Waals surface area (Å²) in [5.41, 5.74) is 13.1. The van der Waals surface area contributed by atoms with Gasteiger partial charge in [0.05, 0.1) is 25.1 Å². The van der Waals surface area contributed by atoms with Gasteiger partial charge in [0.25, 0.3) is 0 Å². The summed E-state index contributed by atoms with van der Waals surface area (Å²) in [6.45, 7) is 1.58. The Hall–Kier alpha value is -4.42. The van der Waals surface area contributed by atoms with Crippen LogP contribution in [0.3, 0.4) is 0 Å². The number of nitrogens with zero attached hydrogens (tertiary/aromatic N) is 3. The summed E-state index contributed by atoms with van der Waals surface area (Å²) in [6, 6.07) is 34.9. The van der Waals surface area contributed by atoms with E-state index >= 15 is 0 Å². The number of hydrogen-bond donors (Lipinski definition) is 1. The largest absolute Gasteiger partial charge is 0.497 e. The predicted octanol–water partition coefficient (Wildman–Crippen LogP) is 6.88. The van der Waals surface area contributed by atoms with Gasteiger partial charge in [0.15, 0.2) is 0 Å². The smallest absolute Gasteiger partial charge is 0.345 e. The minimum atomic E-state index is -0.115. The number of aryl methyl sites for hydroxylation is 1. The molecule has 2 amide bonds. The molecule has 0 aromatic heterocycles. The van der Waals surface area contributed by atoms with Crippen molar-refractivity contribution < 1.29 is 9.53 Å². The first-order valence-corrected chi connectivity index (χ1v) is 13.9. The zero-order valence-corrected chi connectivity index (χ0v) is 23.0. The second kappa shape index (κ2) is 13.1. The Morgan fingerprint density at radius 1 is 0.750 bits per heavy atom. The highest BCUT2D eigenvalue weighted by Crippen LogP contribution is 2.30. The number of ether oxygens (including phenoxy) is 1. The molecule has 1 aliphatic heterocycles. The van der Waals surface area contributed by atoms with Crippen LogP contribution >= 0.6 is 0 Å². The fraction of sp³-hybridized carbons (Fsp3) is 0.235. The average molecular weight is 533 g/mol. The van der Waals surface area contributed by atoms with Gasteiger partial charge in [-0.15, -0.1) is 0 Å². The van der Waals surface area contributed by atoms with Crippen molar-refractivity contribution in [1.29, 1.82) is 0 Å². The van der Waals surface area contributed by atoms with Gasteiger partial charge in [-0.25, -0.2) is 9.80 Å². The summed E-state index contributed by atoms with van der Waals surface area (Å²) in [5.74, 6) is 0.838. The highest BCUT2D eigenvalue weighted by Gasteiger charge is 2.29. The summed E-state index contributed by atoms with van der Waals surface area (Å²) >= 11 is 0. The van der Waals surface area contributed by atoms with E-state index in [4.69, 9.17) is 15.6 Å². The molecule has 4 aromatic rings. The standard InChI is InChI=1S/C34H36N4O2/c1-40-30-20-15-26(16-21-30)17-22-32-31-11-5-6-12-33(31)37(34(39)38(36-32)24-8-7-23-35)25-27-13-18-29(19-14-27)28-9-3-2-4-10-28/h2-6,9-16,18-21H,7-8,17,22-25,35H2,1H3. The van der Waals surface area contributed by atoms with Crippen molar-refractivity contribution >= 4 is 17.4 Å². The fourth-order valence-electron chi connectivity index (χ4n) is 5.00. The average Bonchev–Trinajstić information content (AvgIpc) is 3.12. The van der Waals surface area contributed by atoms with E-state index in [1.807, 2.05) is 53.4 Å². The highest BCUT2D eigenvalue weighted by molar-refractivity contribution is 6.10. The van der Waals surface area contributed by atoms with Crippen LogP contribution in [0.25, 0.3) is 11.1 Å². The molecule has 6 nitrogen and oxygen atoms in total. The van der Waals surface area contributed by atoms with Gasteiger partial charge in [-0.05, 0) is 72.7 Å². The van der Waals surface area contributed by atoms with E-state index in [1.165, 1.54) is 11.1 Å². The van der Waals surface area contributed by atoms with Gasteiger partial charge in [0, 0.05) is 12.1 Å². The maximum Gasteiger partial charge on any atom is 0.345 e. The van der Waals surface area contributed by atoms with Gasteiger partial charge >= 0.3 is 6.03 Å². The SMILES string of the molecule is COc1ccc(CCC2=NN(CCCCN)C(=O)N(Cc3ccc(-c4ccccc4)cc3)c3ccccc32)cc1.